The highest BCUT2D eigenvalue weighted by atomic mass is 79.9. The van der Waals surface area contributed by atoms with E-state index in [1.165, 1.54) is 6.07 Å². The van der Waals surface area contributed by atoms with E-state index < -0.39 is 24.5 Å². The van der Waals surface area contributed by atoms with Crippen molar-refractivity contribution in [2.75, 3.05) is 0 Å². The van der Waals surface area contributed by atoms with E-state index in [4.69, 9.17) is 0 Å². The fraction of sp³-hybridized carbons (Fsp3) is 0.333. The summed E-state index contributed by atoms with van der Waals surface area (Å²) in [5.74, 6) is -0.852. The zero-order valence-electron chi connectivity index (χ0n) is 7.35. The van der Waals surface area contributed by atoms with Crippen LogP contribution in [0.1, 0.15) is 18.1 Å². The minimum absolute atomic E-state index is 0.360. The van der Waals surface area contributed by atoms with E-state index >= 15 is 0 Å². The Hall–Kier alpha value is -0.620. The molecule has 0 amide bonds. The summed E-state index contributed by atoms with van der Waals surface area (Å²) in [5.41, 5.74) is -0.360. The number of alkyl halides is 3. The fourth-order valence-electron chi connectivity index (χ4n) is 1.10. The van der Waals surface area contributed by atoms with Gasteiger partial charge in [0.15, 0.2) is 0 Å². The molecule has 1 N–H and O–H groups in total. The molecule has 1 rings (SSSR count). The predicted octanol–water partition coefficient (Wildman–Crippen LogP) is 3.57. The average molecular weight is 287 g/mol. The minimum atomic E-state index is -4.52. The maximum Gasteiger partial charge on any atom is 0.391 e. The van der Waals surface area contributed by atoms with E-state index in [0.717, 1.165) is 12.1 Å². The van der Waals surface area contributed by atoms with Crippen molar-refractivity contribution < 1.29 is 22.7 Å². The van der Waals surface area contributed by atoms with Crippen LogP contribution >= 0.6 is 15.9 Å². The third-order valence-electron chi connectivity index (χ3n) is 1.74. The number of rotatable bonds is 2. The molecule has 0 aliphatic rings. The maximum atomic E-state index is 13.0. The first-order chi connectivity index (χ1) is 6.79. The van der Waals surface area contributed by atoms with Crippen LogP contribution in [0, 0.1) is 5.82 Å². The van der Waals surface area contributed by atoms with Gasteiger partial charge in [0.25, 0.3) is 0 Å². The van der Waals surface area contributed by atoms with Crippen molar-refractivity contribution in [3.8, 4) is 0 Å². The Morgan fingerprint density at radius 1 is 1.33 bits per heavy atom. The average Bonchev–Trinajstić information content (AvgIpc) is 2.06. The van der Waals surface area contributed by atoms with Gasteiger partial charge in [0.1, 0.15) is 5.82 Å². The molecule has 1 nitrogen and oxygen atoms in total. The van der Waals surface area contributed by atoms with Crippen LogP contribution in [0.2, 0.25) is 0 Å². The summed E-state index contributed by atoms with van der Waals surface area (Å²) in [6.07, 6.45) is -7.85. The molecule has 0 aliphatic heterocycles. The molecule has 6 heteroatoms. The van der Waals surface area contributed by atoms with Crippen molar-refractivity contribution in [1.29, 1.82) is 0 Å². The van der Waals surface area contributed by atoms with Gasteiger partial charge in [-0.2, -0.15) is 13.2 Å². The molecule has 1 unspecified atom stereocenters. The lowest BCUT2D eigenvalue weighted by Crippen LogP contribution is -2.14. The van der Waals surface area contributed by atoms with Crippen molar-refractivity contribution >= 4 is 15.9 Å². The smallest absolute Gasteiger partial charge is 0.388 e. The molecule has 0 spiro atoms. The molecule has 0 fully saturated rings. The zero-order valence-corrected chi connectivity index (χ0v) is 8.94. The second-order valence-corrected chi connectivity index (χ2v) is 3.92. The Bertz CT molecular complexity index is 350. The molecule has 15 heavy (non-hydrogen) atoms. The van der Waals surface area contributed by atoms with Crippen molar-refractivity contribution in [1.82, 2.24) is 0 Å². The summed E-state index contributed by atoms with van der Waals surface area (Å²) in [5, 5.41) is 9.18. The molecule has 0 radical (unpaired) electrons. The number of hydrogen-bond acceptors (Lipinski definition) is 1. The molecule has 0 saturated carbocycles. The fourth-order valence-corrected chi connectivity index (χ4v) is 1.48. The topological polar surface area (TPSA) is 20.2 Å². The molecular formula is C9H7BrF4O. The summed E-state index contributed by atoms with van der Waals surface area (Å²) in [6, 6.07) is 3.48. The van der Waals surface area contributed by atoms with Gasteiger partial charge in [-0.3, -0.25) is 0 Å². The molecule has 0 aliphatic carbocycles. The van der Waals surface area contributed by atoms with Crippen LogP contribution < -0.4 is 0 Å². The van der Waals surface area contributed by atoms with Gasteiger partial charge in [-0.15, -0.1) is 0 Å². The highest BCUT2D eigenvalue weighted by Gasteiger charge is 2.32. The number of hydrogen-bond donors (Lipinski definition) is 1. The van der Waals surface area contributed by atoms with Crippen molar-refractivity contribution in [3.05, 3.63) is 34.1 Å². The van der Waals surface area contributed by atoms with Crippen LogP contribution in [-0.2, 0) is 0 Å². The Morgan fingerprint density at radius 2 is 1.93 bits per heavy atom. The van der Waals surface area contributed by atoms with Crippen LogP contribution in [-0.4, -0.2) is 11.3 Å². The summed E-state index contributed by atoms with van der Waals surface area (Å²) < 4.78 is 49.3. The molecule has 0 saturated heterocycles. The number of benzene rings is 1. The van der Waals surface area contributed by atoms with Crippen LogP contribution in [0.15, 0.2) is 22.7 Å². The normalized spacial score (nSPS) is 14.0. The summed E-state index contributed by atoms with van der Waals surface area (Å²) in [7, 11) is 0. The predicted molar refractivity (Wildman–Crippen MR) is 49.7 cm³/mol. The first-order valence-electron chi connectivity index (χ1n) is 3.99. The number of aliphatic hydroxyl groups is 1. The van der Waals surface area contributed by atoms with Gasteiger partial charge in [0, 0.05) is 10.0 Å². The van der Waals surface area contributed by atoms with Gasteiger partial charge in [0.2, 0.25) is 0 Å². The third-order valence-corrected chi connectivity index (χ3v) is 2.24. The van der Waals surface area contributed by atoms with Crippen molar-refractivity contribution in [2.24, 2.45) is 0 Å². The van der Waals surface area contributed by atoms with Crippen LogP contribution in [0.4, 0.5) is 17.6 Å². The molecule has 0 aromatic heterocycles. The standard InChI is InChI=1S/C9H7BrF4O/c10-5-1-2-7(11)6(3-5)8(15)4-9(12,13)14/h1-3,8,15H,4H2. The lowest BCUT2D eigenvalue weighted by atomic mass is 10.1. The third kappa shape index (κ3) is 3.79. The second kappa shape index (κ2) is 4.49. The molecule has 1 aromatic rings. The van der Waals surface area contributed by atoms with Crippen LogP contribution in [0.3, 0.4) is 0 Å². The maximum absolute atomic E-state index is 13.0. The largest absolute Gasteiger partial charge is 0.391 e. The van der Waals surface area contributed by atoms with Crippen LogP contribution in [0.25, 0.3) is 0 Å². The monoisotopic (exact) mass is 286 g/mol. The molecule has 1 aromatic carbocycles. The lowest BCUT2D eigenvalue weighted by Gasteiger charge is -2.14. The zero-order chi connectivity index (χ0) is 11.6. The Kier molecular flexibility index (Phi) is 3.72. The van der Waals surface area contributed by atoms with Gasteiger partial charge in [-0.1, -0.05) is 15.9 Å². The molecule has 84 valence electrons. The Morgan fingerprint density at radius 3 is 2.47 bits per heavy atom. The Labute approximate surface area is 91.9 Å². The van der Waals surface area contributed by atoms with E-state index in [-0.39, 0.29) is 5.56 Å². The van der Waals surface area contributed by atoms with Crippen LogP contribution in [0.5, 0.6) is 0 Å². The Balaban J connectivity index is 2.90. The molecule has 0 heterocycles. The molecular weight excluding hydrogens is 280 g/mol. The molecule has 0 bridgehead atoms. The van der Waals surface area contributed by atoms with E-state index in [0.29, 0.717) is 4.47 Å². The van der Waals surface area contributed by atoms with Gasteiger partial charge in [-0.25, -0.2) is 4.39 Å². The molecule has 1 atom stereocenters. The van der Waals surface area contributed by atoms with Crippen molar-refractivity contribution in [3.63, 3.8) is 0 Å². The van der Waals surface area contributed by atoms with Gasteiger partial charge < -0.3 is 5.11 Å². The number of halogens is 5. The van der Waals surface area contributed by atoms with Crippen molar-refractivity contribution in [2.45, 2.75) is 18.7 Å². The number of aliphatic hydroxyl groups excluding tert-OH is 1. The summed E-state index contributed by atoms with van der Waals surface area (Å²) in [4.78, 5) is 0. The highest BCUT2D eigenvalue weighted by Crippen LogP contribution is 2.31. The van der Waals surface area contributed by atoms with E-state index in [2.05, 4.69) is 15.9 Å². The van der Waals surface area contributed by atoms with E-state index in [1.54, 1.807) is 0 Å². The SMILES string of the molecule is OC(CC(F)(F)F)c1cc(Br)ccc1F. The summed E-state index contributed by atoms with van der Waals surface area (Å²) in [6.45, 7) is 0. The lowest BCUT2D eigenvalue weighted by molar-refractivity contribution is -0.154. The first-order valence-corrected chi connectivity index (χ1v) is 4.78. The van der Waals surface area contributed by atoms with Gasteiger partial charge >= 0.3 is 6.18 Å². The first kappa shape index (κ1) is 12.4. The quantitative estimate of drug-likeness (QED) is 0.824. The van der Waals surface area contributed by atoms with Gasteiger partial charge in [0.05, 0.1) is 12.5 Å². The summed E-state index contributed by atoms with van der Waals surface area (Å²) >= 11 is 2.99. The van der Waals surface area contributed by atoms with Gasteiger partial charge in [-0.05, 0) is 18.2 Å². The van der Waals surface area contributed by atoms with E-state index in [1.807, 2.05) is 0 Å². The minimum Gasteiger partial charge on any atom is -0.388 e. The van der Waals surface area contributed by atoms with E-state index in [9.17, 15) is 22.7 Å². The second-order valence-electron chi connectivity index (χ2n) is 3.00. The highest BCUT2D eigenvalue weighted by molar-refractivity contribution is 9.10.